The quantitative estimate of drug-likeness (QED) is 0.779. The Kier molecular flexibility index (Phi) is 4.04. The van der Waals surface area contributed by atoms with Crippen LogP contribution in [0.3, 0.4) is 0 Å². The fraction of sp³-hybridized carbons (Fsp3) is 0.421. The van der Waals surface area contributed by atoms with Crippen LogP contribution in [0.15, 0.2) is 52.4 Å². The number of benzene rings is 1. The van der Waals surface area contributed by atoms with Crippen LogP contribution < -0.4 is 4.90 Å². The predicted molar refractivity (Wildman–Crippen MR) is 96.4 cm³/mol. The van der Waals surface area contributed by atoms with E-state index in [9.17, 15) is 0 Å². The second-order valence-corrected chi connectivity index (χ2v) is 7.98. The molecule has 0 spiro atoms. The number of fused-ring (bicyclic) bond motifs is 2. The molecule has 2 aliphatic rings. The fourth-order valence-electron chi connectivity index (χ4n) is 3.82. The Bertz CT molecular complexity index is 649. The molecule has 0 radical (unpaired) electrons. The van der Waals surface area contributed by atoms with E-state index in [2.05, 4.69) is 47.3 Å². The molecule has 23 heavy (non-hydrogen) atoms. The van der Waals surface area contributed by atoms with Crippen molar-refractivity contribution in [3.05, 3.63) is 42.6 Å². The van der Waals surface area contributed by atoms with Gasteiger partial charge in [-0.15, -0.1) is 0 Å². The summed E-state index contributed by atoms with van der Waals surface area (Å²) in [6, 6.07) is 12.9. The molecule has 3 nitrogen and oxygen atoms in total. The highest BCUT2D eigenvalue weighted by Gasteiger charge is 2.28. The van der Waals surface area contributed by atoms with Gasteiger partial charge in [-0.3, -0.25) is 0 Å². The van der Waals surface area contributed by atoms with Gasteiger partial charge in [-0.2, -0.15) is 0 Å². The molecule has 1 aromatic carbocycles. The summed E-state index contributed by atoms with van der Waals surface area (Å²) >= 11 is 1.84. The van der Waals surface area contributed by atoms with Crippen molar-refractivity contribution in [2.75, 3.05) is 38.1 Å². The molecule has 0 aliphatic carbocycles. The maximum absolute atomic E-state index is 4.67. The molecule has 1 aromatic heterocycles. The van der Waals surface area contributed by atoms with E-state index in [1.807, 2.05) is 24.0 Å². The van der Waals surface area contributed by atoms with Crippen molar-refractivity contribution < 1.29 is 4.48 Å². The molecule has 0 atom stereocenters. The van der Waals surface area contributed by atoms with Crippen molar-refractivity contribution in [1.82, 2.24) is 4.98 Å². The minimum absolute atomic E-state index is 1.05. The van der Waals surface area contributed by atoms with E-state index in [1.54, 1.807) is 0 Å². The zero-order valence-electron chi connectivity index (χ0n) is 13.7. The van der Waals surface area contributed by atoms with Crippen molar-refractivity contribution in [3.63, 3.8) is 0 Å². The molecule has 2 aliphatic heterocycles. The third-order valence-electron chi connectivity index (χ3n) is 5.11. The van der Waals surface area contributed by atoms with Gasteiger partial charge in [0.25, 0.3) is 0 Å². The molecule has 0 N–H and O–H groups in total. The molecule has 2 aromatic rings. The lowest BCUT2D eigenvalue weighted by Crippen LogP contribution is -2.42. The van der Waals surface area contributed by atoms with Gasteiger partial charge in [0.15, 0.2) is 0 Å². The van der Waals surface area contributed by atoms with Gasteiger partial charge < -0.3 is 9.38 Å². The Morgan fingerprint density at radius 2 is 1.87 bits per heavy atom. The van der Waals surface area contributed by atoms with Crippen LogP contribution in [0.4, 0.5) is 11.5 Å². The lowest BCUT2D eigenvalue weighted by Gasteiger charge is -2.33. The first kappa shape index (κ1) is 15.0. The number of para-hydroxylation sites is 1. The van der Waals surface area contributed by atoms with E-state index in [4.69, 9.17) is 0 Å². The SMILES string of the molecule is C[N+]1(CCCN2c3ccccc3Sc3cccnc32)CCCC1. The standard InChI is InChI=1S/C19H24N3S/c1-22(13-4-5-14-22)15-7-12-21-16-8-2-3-9-17(16)23-18-10-6-11-20-19(18)21/h2-3,6,8-11H,4-5,7,12-15H2,1H3/q+1. The summed E-state index contributed by atoms with van der Waals surface area (Å²) in [5.41, 5.74) is 1.31. The maximum atomic E-state index is 4.67. The van der Waals surface area contributed by atoms with Gasteiger partial charge in [0.05, 0.1) is 37.3 Å². The van der Waals surface area contributed by atoms with Crippen molar-refractivity contribution in [1.29, 1.82) is 0 Å². The number of likely N-dealkylation sites (tertiary alicyclic amines) is 1. The second kappa shape index (κ2) is 6.17. The van der Waals surface area contributed by atoms with Crippen molar-refractivity contribution in [2.24, 2.45) is 0 Å². The monoisotopic (exact) mass is 326 g/mol. The zero-order valence-corrected chi connectivity index (χ0v) is 14.6. The van der Waals surface area contributed by atoms with Gasteiger partial charge in [-0.25, -0.2) is 4.98 Å². The van der Waals surface area contributed by atoms with Crippen LogP contribution in [0.1, 0.15) is 19.3 Å². The van der Waals surface area contributed by atoms with E-state index >= 15 is 0 Å². The maximum Gasteiger partial charge on any atom is 0.147 e. The summed E-state index contributed by atoms with van der Waals surface area (Å²) in [7, 11) is 2.42. The van der Waals surface area contributed by atoms with E-state index in [0.717, 1.165) is 12.4 Å². The Balaban J connectivity index is 1.55. The van der Waals surface area contributed by atoms with Gasteiger partial charge in [0.2, 0.25) is 0 Å². The van der Waals surface area contributed by atoms with E-state index in [1.165, 1.54) is 58.9 Å². The average molecular weight is 326 g/mol. The first-order valence-electron chi connectivity index (χ1n) is 8.58. The summed E-state index contributed by atoms with van der Waals surface area (Å²) in [6.07, 6.45) is 5.91. The van der Waals surface area contributed by atoms with Gasteiger partial charge in [0, 0.05) is 36.9 Å². The lowest BCUT2D eigenvalue weighted by atomic mass is 10.2. The average Bonchev–Trinajstić information content (AvgIpc) is 3.01. The van der Waals surface area contributed by atoms with Gasteiger partial charge in [-0.1, -0.05) is 23.9 Å². The summed E-state index contributed by atoms with van der Waals surface area (Å²) in [4.78, 5) is 9.70. The van der Waals surface area contributed by atoms with Crippen LogP contribution in [0, 0.1) is 0 Å². The minimum atomic E-state index is 1.05. The molecule has 1 saturated heterocycles. The number of hydrogen-bond acceptors (Lipinski definition) is 3. The predicted octanol–water partition coefficient (Wildman–Crippen LogP) is 4.31. The van der Waals surface area contributed by atoms with Crippen LogP contribution in [0.25, 0.3) is 0 Å². The molecule has 0 saturated carbocycles. The summed E-state index contributed by atoms with van der Waals surface area (Å²) in [5.74, 6) is 1.13. The number of rotatable bonds is 4. The number of pyridine rings is 1. The smallest absolute Gasteiger partial charge is 0.147 e. The molecule has 120 valence electrons. The summed E-state index contributed by atoms with van der Waals surface area (Å²) < 4.78 is 1.25. The Hall–Kier alpha value is -1.52. The third kappa shape index (κ3) is 2.98. The van der Waals surface area contributed by atoms with Crippen LogP contribution in [-0.2, 0) is 0 Å². The van der Waals surface area contributed by atoms with Crippen LogP contribution >= 0.6 is 11.8 Å². The normalized spacial score (nSPS) is 18.6. The summed E-state index contributed by atoms with van der Waals surface area (Å²) in [6.45, 7) is 5.02. The Labute approximate surface area is 142 Å². The number of quaternary nitrogens is 1. The van der Waals surface area contributed by atoms with Gasteiger partial charge >= 0.3 is 0 Å². The zero-order chi connectivity index (χ0) is 15.7. The fourth-order valence-corrected chi connectivity index (χ4v) is 4.89. The lowest BCUT2D eigenvalue weighted by molar-refractivity contribution is -0.897. The molecular formula is C19H24N3S+. The molecule has 0 unspecified atom stereocenters. The first-order chi connectivity index (χ1) is 11.3. The van der Waals surface area contributed by atoms with Gasteiger partial charge in [-0.05, 0) is 24.3 Å². The summed E-state index contributed by atoms with van der Waals surface area (Å²) in [5, 5.41) is 0. The van der Waals surface area contributed by atoms with Crippen LogP contribution in [0.2, 0.25) is 0 Å². The number of aromatic nitrogens is 1. The van der Waals surface area contributed by atoms with Crippen molar-refractivity contribution in [2.45, 2.75) is 29.1 Å². The van der Waals surface area contributed by atoms with E-state index < -0.39 is 0 Å². The Morgan fingerprint density at radius 1 is 1.09 bits per heavy atom. The number of nitrogens with zero attached hydrogens (tertiary/aromatic N) is 3. The van der Waals surface area contributed by atoms with Gasteiger partial charge in [0.1, 0.15) is 5.82 Å². The molecule has 1 fully saturated rings. The third-order valence-corrected chi connectivity index (χ3v) is 6.21. The topological polar surface area (TPSA) is 16.1 Å². The first-order valence-corrected chi connectivity index (χ1v) is 9.40. The molecule has 3 heterocycles. The highest BCUT2D eigenvalue weighted by atomic mass is 32.2. The second-order valence-electron chi connectivity index (χ2n) is 6.90. The van der Waals surface area contributed by atoms with Crippen LogP contribution in [0.5, 0.6) is 0 Å². The molecule has 4 rings (SSSR count). The number of hydrogen-bond donors (Lipinski definition) is 0. The molecule has 0 amide bonds. The molecule has 0 bridgehead atoms. The van der Waals surface area contributed by atoms with Crippen molar-refractivity contribution >= 4 is 23.3 Å². The number of anilines is 2. The molecular weight excluding hydrogens is 302 g/mol. The Morgan fingerprint density at radius 3 is 2.74 bits per heavy atom. The highest BCUT2D eigenvalue weighted by Crippen LogP contribution is 2.46. The largest absolute Gasteiger partial charge is 0.326 e. The molecule has 4 heteroatoms. The minimum Gasteiger partial charge on any atom is -0.326 e. The van der Waals surface area contributed by atoms with E-state index in [0.29, 0.717) is 0 Å². The highest BCUT2D eigenvalue weighted by molar-refractivity contribution is 7.99. The van der Waals surface area contributed by atoms with Crippen LogP contribution in [-0.4, -0.2) is 42.7 Å². The van der Waals surface area contributed by atoms with E-state index in [-0.39, 0.29) is 0 Å². The van der Waals surface area contributed by atoms with Crippen molar-refractivity contribution in [3.8, 4) is 0 Å².